The first kappa shape index (κ1) is 12.8. The summed E-state index contributed by atoms with van der Waals surface area (Å²) in [6, 6.07) is 7.37. The number of carboxylic acids is 1. The minimum atomic E-state index is -1.16. The van der Waals surface area contributed by atoms with Crippen LogP contribution in [0, 0.1) is 11.3 Å². The third-order valence-corrected chi connectivity index (χ3v) is 2.45. The zero-order chi connectivity index (χ0) is 13.8. The summed E-state index contributed by atoms with van der Waals surface area (Å²) in [7, 11) is 0. The van der Waals surface area contributed by atoms with Crippen LogP contribution in [0.1, 0.15) is 16.1 Å². The van der Waals surface area contributed by atoms with Crippen LogP contribution in [0.15, 0.2) is 30.5 Å². The van der Waals surface area contributed by atoms with Gasteiger partial charge in [-0.1, -0.05) is 11.6 Å². The summed E-state index contributed by atoms with van der Waals surface area (Å²) in [6.45, 7) is 0. The molecule has 0 aliphatic carbocycles. The van der Waals surface area contributed by atoms with Crippen LogP contribution < -0.4 is 4.74 Å². The van der Waals surface area contributed by atoms with E-state index in [1.54, 1.807) is 0 Å². The number of carbonyl (C=O) groups is 1. The monoisotopic (exact) mass is 275 g/mol. The standard InChI is InChI=1S/C12H6ClN3O3/c13-10-2-1-8(5-9(10)11(17)18)19-12-15-4-3-7(6-14)16-12/h1-5H,(H,17,18). The fourth-order valence-electron chi connectivity index (χ4n) is 1.29. The lowest BCUT2D eigenvalue weighted by atomic mass is 10.2. The molecule has 2 aromatic rings. The first-order valence-corrected chi connectivity index (χ1v) is 5.42. The number of carboxylic acid groups (broad SMARTS) is 1. The van der Waals surface area contributed by atoms with Crippen LogP contribution in [-0.2, 0) is 0 Å². The highest BCUT2D eigenvalue weighted by Gasteiger charge is 2.11. The van der Waals surface area contributed by atoms with Crippen molar-refractivity contribution in [3.63, 3.8) is 0 Å². The fraction of sp³-hybridized carbons (Fsp3) is 0. The zero-order valence-electron chi connectivity index (χ0n) is 9.37. The maximum absolute atomic E-state index is 10.9. The van der Waals surface area contributed by atoms with E-state index < -0.39 is 5.97 Å². The SMILES string of the molecule is N#Cc1ccnc(Oc2ccc(Cl)c(C(=O)O)c2)n1. The Kier molecular flexibility index (Phi) is 3.59. The topological polar surface area (TPSA) is 96.1 Å². The molecular weight excluding hydrogens is 270 g/mol. The summed E-state index contributed by atoms with van der Waals surface area (Å²) in [6.07, 6.45) is 1.37. The predicted molar refractivity (Wildman–Crippen MR) is 65.2 cm³/mol. The fourth-order valence-corrected chi connectivity index (χ4v) is 1.49. The van der Waals surface area contributed by atoms with Gasteiger partial charge < -0.3 is 9.84 Å². The van der Waals surface area contributed by atoms with E-state index in [4.69, 9.17) is 26.7 Å². The van der Waals surface area contributed by atoms with Gasteiger partial charge in [-0.15, -0.1) is 0 Å². The van der Waals surface area contributed by atoms with Crippen LogP contribution in [0.5, 0.6) is 11.8 Å². The van der Waals surface area contributed by atoms with Crippen molar-refractivity contribution in [1.82, 2.24) is 9.97 Å². The van der Waals surface area contributed by atoms with Gasteiger partial charge in [0.1, 0.15) is 17.5 Å². The predicted octanol–water partition coefficient (Wildman–Crippen LogP) is 2.49. The van der Waals surface area contributed by atoms with Gasteiger partial charge in [-0.25, -0.2) is 9.78 Å². The lowest BCUT2D eigenvalue weighted by molar-refractivity contribution is 0.0696. The Morgan fingerprint density at radius 2 is 2.21 bits per heavy atom. The van der Waals surface area contributed by atoms with Crippen LogP contribution in [0.3, 0.4) is 0 Å². The number of ether oxygens (including phenoxy) is 1. The van der Waals surface area contributed by atoms with Gasteiger partial charge in [0.05, 0.1) is 10.6 Å². The minimum absolute atomic E-state index is 0.0438. The van der Waals surface area contributed by atoms with E-state index in [1.165, 1.54) is 30.5 Å². The first-order chi connectivity index (χ1) is 9.10. The van der Waals surface area contributed by atoms with Gasteiger partial charge in [-0.05, 0) is 24.3 Å². The molecule has 94 valence electrons. The second-order valence-corrected chi connectivity index (χ2v) is 3.79. The van der Waals surface area contributed by atoms with Crippen molar-refractivity contribution < 1.29 is 14.6 Å². The summed E-state index contributed by atoms with van der Waals surface area (Å²) in [5, 5.41) is 17.7. The lowest BCUT2D eigenvalue weighted by Crippen LogP contribution is -1.99. The van der Waals surface area contributed by atoms with Crippen molar-refractivity contribution >= 4 is 17.6 Å². The van der Waals surface area contributed by atoms with Gasteiger partial charge in [0.25, 0.3) is 0 Å². The molecule has 0 aliphatic heterocycles. The highest BCUT2D eigenvalue weighted by Crippen LogP contribution is 2.24. The second-order valence-electron chi connectivity index (χ2n) is 3.39. The molecule has 1 aromatic carbocycles. The summed E-state index contributed by atoms with van der Waals surface area (Å²) in [5.41, 5.74) is 0.0630. The van der Waals surface area contributed by atoms with Crippen molar-refractivity contribution in [3.05, 3.63) is 46.7 Å². The van der Waals surface area contributed by atoms with Crippen LogP contribution in [0.4, 0.5) is 0 Å². The third kappa shape index (κ3) is 2.97. The molecule has 0 aliphatic rings. The molecule has 0 bridgehead atoms. The van der Waals surface area contributed by atoms with Crippen molar-refractivity contribution in [2.45, 2.75) is 0 Å². The number of nitrogens with zero attached hydrogens (tertiary/aromatic N) is 3. The molecule has 6 nitrogen and oxygen atoms in total. The molecular formula is C12H6ClN3O3. The van der Waals surface area contributed by atoms with Crippen molar-refractivity contribution in [1.29, 1.82) is 5.26 Å². The molecule has 0 fully saturated rings. The van der Waals surface area contributed by atoms with E-state index >= 15 is 0 Å². The minimum Gasteiger partial charge on any atom is -0.478 e. The Labute approximate surface area is 112 Å². The summed E-state index contributed by atoms with van der Waals surface area (Å²) < 4.78 is 5.27. The van der Waals surface area contributed by atoms with Gasteiger partial charge in [0.2, 0.25) is 0 Å². The number of benzene rings is 1. The molecule has 1 aromatic heterocycles. The van der Waals surface area contributed by atoms with E-state index in [2.05, 4.69) is 9.97 Å². The normalized spacial score (nSPS) is 9.68. The zero-order valence-corrected chi connectivity index (χ0v) is 10.1. The Hall–Kier alpha value is -2.65. The molecule has 19 heavy (non-hydrogen) atoms. The Bertz CT molecular complexity index is 682. The van der Waals surface area contributed by atoms with Crippen LogP contribution in [0.2, 0.25) is 5.02 Å². The number of hydrogen-bond donors (Lipinski definition) is 1. The molecule has 0 amide bonds. The van der Waals surface area contributed by atoms with Gasteiger partial charge in [0, 0.05) is 6.20 Å². The summed E-state index contributed by atoms with van der Waals surface area (Å²) >= 11 is 5.73. The Morgan fingerprint density at radius 3 is 2.89 bits per heavy atom. The molecule has 7 heteroatoms. The number of nitriles is 1. The van der Waals surface area contributed by atoms with Crippen molar-refractivity contribution in [2.24, 2.45) is 0 Å². The van der Waals surface area contributed by atoms with E-state index in [-0.39, 0.29) is 28.0 Å². The van der Waals surface area contributed by atoms with E-state index in [9.17, 15) is 4.79 Å². The smallest absolute Gasteiger partial charge is 0.337 e. The van der Waals surface area contributed by atoms with Gasteiger partial charge >= 0.3 is 12.0 Å². The first-order valence-electron chi connectivity index (χ1n) is 5.04. The Morgan fingerprint density at radius 1 is 1.42 bits per heavy atom. The molecule has 1 N–H and O–H groups in total. The summed E-state index contributed by atoms with van der Waals surface area (Å²) in [5.74, 6) is -0.945. The molecule has 0 atom stereocenters. The maximum atomic E-state index is 10.9. The van der Waals surface area contributed by atoms with Gasteiger partial charge in [-0.3, -0.25) is 0 Å². The van der Waals surface area contributed by atoms with E-state index in [0.29, 0.717) is 0 Å². The van der Waals surface area contributed by atoms with E-state index in [1.807, 2.05) is 6.07 Å². The molecule has 2 rings (SSSR count). The molecule has 0 saturated heterocycles. The average Bonchev–Trinajstić information content (AvgIpc) is 2.41. The average molecular weight is 276 g/mol. The number of aromatic carboxylic acids is 1. The second kappa shape index (κ2) is 5.33. The highest BCUT2D eigenvalue weighted by atomic mass is 35.5. The third-order valence-electron chi connectivity index (χ3n) is 2.13. The quantitative estimate of drug-likeness (QED) is 0.924. The van der Waals surface area contributed by atoms with Gasteiger partial charge in [0.15, 0.2) is 0 Å². The van der Waals surface area contributed by atoms with Crippen molar-refractivity contribution in [3.8, 4) is 17.8 Å². The number of hydrogen-bond acceptors (Lipinski definition) is 5. The van der Waals surface area contributed by atoms with Crippen LogP contribution >= 0.6 is 11.6 Å². The van der Waals surface area contributed by atoms with Crippen molar-refractivity contribution in [2.75, 3.05) is 0 Å². The lowest BCUT2D eigenvalue weighted by Gasteiger charge is -2.05. The summed E-state index contributed by atoms with van der Waals surface area (Å²) in [4.78, 5) is 18.5. The highest BCUT2D eigenvalue weighted by molar-refractivity contribution is 6.33. The molecule has 1 heterocycles. The number of rotatable bonds is 3. The van der Waals surface area contributed by atoms with Crippen LogP contribution in [0.25, 0.3) is 0 Å². The Balaban J connectivity index is 2.31. The molecule has 0 unspecified atom stereocenters. The molecule has 0 saturated carbocycles. The maximum Gasteiger partial charge on any atom is 0.337 e. The number of aromatic nitrogens is 2. The van der Waals surface area contributed by atoms with Gasteiger partial charge in [-0.2, -0.15) is 10.2 Å². The molecule has 0 spiro atoms. The molecule has 0 radical (unpaired) electrons. The van der Waals surface area contributed by atoms with Crippen LogP contribution in [-0.4, -0.2) is 21.0 Å². The van der Waals surface area contributed by atoms with E-state index in [0.717, 1.165) is 0 Å². The number of halogens is 1. The largest absolute Gasteiger partial charge is 0.478 e.